The summed E-state index contributed by atoms with van der Waals surface area (Å²) >= 11 is 0. The van der Waals surface area contributed by atoms with Crippen molar-refractivity contribution < 1.29 is 0 Å². The van der Waals surface area contributed by atoms with Crippen molar-refractivity contribution in [2.45, 2.75) is 25.8 Å². The number of nitrogens with one attached hydrogen (secondary N) is 1. The second-order valence-electron chi connectivity index (χ2n) is 4.59. The lowest BCUT2D eigenvalue weighted by molar-refractivity contribution is 0.185. The van der Waals surface area contributed by atoms with Gasteiger partial charge in [0, 0.05) is 25.7 Å². The summed E-state index contributed by atoms with van der Waals surface area (Å²) in [5, 5.41) is 3.27. The Morgan fingerprint density at radius 1 is 1.44 bits per heavy atom. The molecular weight excluding hydrogens is 198 g/mol. The van der Waals surface area contributed by atoms with Gasteiger partial charge in [-0.2, -0.15) is 0 Å². The molecule has 0 aliphatic carbocycles. The molecular formula is C13H25N3. The number of rotatable bonds is 5. The van der Waals surface area contributed by atoms with Gasteiger partial charge in [-0.05, 0) is 33.0 Å². The summed E-state index contributed by atoms with van der Waals surface area (Å²) in [5.74, 6) is 2.61. The Labute approximate surface area is 100 Å². The molecule has 0 spiro atoms. The zero-order chi connectivity index (χ0) is 11.8. The molecule has 1 heterocycles. The zero-order valence-electron chi connectivity index (χ0n) is 10.7. The standard InChI is InChI=1S/C13H25N3/c1-4-7-14-8-11-16-10-6-9-15(3)12-13(16)5-2/h1,13-14H,5-12H2,2-3H3. The maximum atomic E-state index is 5.21. The first kappa shape index (κ1) is 13.5. The van der Waals surface area contributed by atoms with Gasteiger partial charge in [-0.25, -0.2) is 0 Å². The molecule has 1 saturated heterocycles. The van der Waals surface area contributed by atoms with Crippen LogP contribution in [0.1, 0.15) is 19.8 Å². The molecule has 3 heteroatoms. The lowest BCUT2D eigenvalue weighted by atomic mass is 10.2. The molecule has 3 nitrogen and oxygen atoms in total. The fourth-order valence-electron chi connectivity index (χ4n) is 2.36. The van der Waals surface area contributed by atoms with Gasteiger partial charge in [0.25, 0.3) is 0 Å². The fraction of sp³-hybridized carbons (Fsp3) is 0.846. The van der Waals surface area contributed by atoms with Crippen molar-refractivity contribution in [1.29, 1.82) is 0 Å². The van der Waals surface area contributed by atoms with E-state index in [1.54, 1.807) is 0 Å². The highest BCUT2D eigenvalue weighted by Crippen LogP contribution is 2.10. The molecule has 0 radical (unpaired) electrons. The maximum Gasteiger partial charge on any atom is 0.0574 e. The van der Waals surface area contributed by atoms with Crippen LogP contribution < -0.4 is 5.32 Å². The van der Waals surface area contributed by atoms with Crippen LogP contribution >= 0.6 is 0 Å². The first-order valence-corrected chi connectivity index (χ1v) is 6.34. The Morgan fingerprint density at radius 3 is 2.94 bits per heavy atom. The molecule has 0 aromatic heterocycles. The zero-order valence-corrected chi connectivity index (χ0v) is 10.7. The smallest absolute Gasteiger partial charge is 0.0574 e. The predicted molar refractivity (Wildman–Crippen MR) is 69.5 cm³/mol. The van der Waals surface area contributed by atoms with Gasteiger partial charge in [0.05, 0.1) is 6.54 Å². The largest absolute Gasteiger partial charge is 0.305 e. The van der Waals surface area contributed by atoms with Gasteiger partial charge in [-0.1, -0.05) is 12.8 Å². The second-order valence-corrected chi connectivity index (χ2v) is 4.59. The minimum atomic E-state index is 0.685. The molecule has 92 valence electrons. The van der Waals surface area contributed by atoms with Crippen LogP contribution in [0.3, 0.4) is 0 Å². The molecule has 0 saturated carbocycles. The van der Waals surface area contributed by atoms with Crippen molar-refractivity contribution in [3.05, 3.63) is 0 Å². The Kier molecular flexibility index (Phi) is 6.47. The quantitative estimate of drug-likeness (QED) is 0.545. The van der Waals surface area contributed by atoms with Gasteiger partial charge < -0.3 is 10.2 Å². The van der Waals surface area contributed by atoms with Gasteiger partial charge in [-0.3, -0.25) is 4.90 Å². The van der Waals surface area contributed by atoms with Crippen molar-refractivity contribution in [3.8, 4) is 12.3 Å². The van der Waals surface area contributed by atoms with E-state index in [2.05, 4.69) is 35.0 Å². The van der Waals surface area contributed by atoms with Crippen molar-refractivity contribution >= 4 is 0 Å². The molecule has 1 atom stereocenters. The summed E-state index contributed by atoms with van der Waals surface area (Å²) in [6.45, 7) is 8.74. The average Bonchev–Trinajstić information content (AvgIpc) is 2.46. The van der Waals surface area contributed by atoms with Crippen LogP contribution in [0.25, 0.3) is 0 Å². The molecule has 1 aliphatic heterocycles. The first-order chi connectivity index (χ1) is 7.77. The summed E-state index contributed by atoms with van der Waals surface area (Å²) in [6, 6.07) is 0.708. The lowest BCUT2D eigenvalue weighted by Crippen LogP contribution is -2.42. The maximum absolute atomic E-state index is 5.21. The Balaban J connectivity index is 2.33. The lowest BCUT2D eigenvalue weighted by Gasteiger charge is -2.30. The number of terminal acetylenes is 1. The van der Waals surface area contributed by atoms with E-state index in [0.29, 0.717) is 12.6 Å². The molecule has 0 aromatic carbocycles. The SMILES string of the molecule is C#CCNCCN1CCCN(C)CC1CC. The summed E-state index contributed by atoms with van der Waals surface area (Å²) in [6.07, 6.45) is 7.73. The highest BCUT2D eigenvalue weighted by molar-refractivity contribution is 4.86. The average molecular weight is 223 g/mol. The van der Waals surface area contributed by atoms with Gasteiger partial charge in [-0.15, -0.1) is 6.42 Å². The minimum Gasteiger partial charge on any atom is -0.305 e. The van der Waals surface area contributed by atoms with E-state index in [-0.39, 0.29) is 0 Å². The van der Waals surface area contributed by atoms with Crippen LogP contribution in [0.5, 0.6) is 0 Å². The number of likely N-dealkylation sites (N-methyl/N-ethyl adjacent to an activating group) is 1. The molecule has 0 bridgehead atoms. The molecule has 1 rings (SSSR count). The molecule has 0 aromatic rings. The normalized spacial score (nSPS) is 23.9. The van der Waals surface area contributed by atoms with Crippen LogP contribution in [0.4, 0.5) is 0 Å². The third kappa shape index (κ3) is 4.52. The van der Waals surface area contributed by atoms with Crippen LogP contribution in [0, 0.1) is 12.3 Å². The summed E-state index contributed by atoms with van der Waals surface area (Å²) in [7, 11) is 2.22. The molecule has 1 N–H and O–H groups in total. The third-order valence-electron chi connectivity index (χ3n) is 3.30. The number of hydrogen-bond acceptors (Lipinski definition) is 3. The summed E-state index contributed by atoms with van der Waals surface area (Å²) in [5.41, 5.74) is 0. The predicted octanol–water partition coefficient (Wildman–Crippen LogP) is 0.625. The Morgan fingerprint density at radius 2 is 2.25 bits per heavy atom. The van der Waals surface area contributed by atoms with E-state index in [4.69, 9.17) is 6.42 Å². The molecule has 0 amide bonds. The topological polar surface area (TPSA) is 18.5 Å². The van der Waals surface area contributed by atoms with E-state index in [1.807, 2.05) is 0 Å². The minimum absolute atomic E-state index is 0.685. The number of hydrogen-bond donors (Lipinski definition) is 1. The summed E-state index contributed by atoms with van der Waals surface area (Å²) < 4.78 is 0. The van der Waals surface area contributed by atoms with Gasteiger partial charge >= 0.3 is 0 Å². The van der Waals surface area contributed by atoms with Crippen molar-refractivity contribution in [2.24, 2.45) is 0 Å². The van der Waals surface area contributed by atoms with Crippen LogP contribution in [-0.4, -0.2) is 62.2 Å². The Bertz CT molecular complexity index is 222. The highest BCUT2D eigenvalue weighted by Gasteiger charge is 2.20. The molecule has 1 fully saturated rings. The molecule has 1 aliphatic rings. The highest BCUT2D eigenvalue weighted by atomic mass is 15.2. The van der Waals surface area contributed by atoms with Crippen LogP contribution in [-0.2, 0) is 0 Å². The third-order valence-corrected chi connectivity index (χ3v) is 3.30. The van der Waals surface area contributed by atoms with Crippen LogP contribution in [0.15, 0.2) is 0 Å². The van der Waals surface area contributed by atoms with Crippen molar-refractivity contribution in [2.75, 3.05) is 46.3 Å². The van der Waals surface area contributed by atoms with E-state index in [0.717, 1.165) is 13.1 Å². The monoisotopic (exact) mass is 223 g/mol. The van der Waals surface area contributed by atoms with E-state index in [9.17, 15) is 0 Å². The molecule has 16 heavy (non-hydrogen) atoms. The first-order valence-electron chi connectivity index (χ1n) is 6.34. The van der Waals surface area contributed by atoms with E-state index < -0.39 is 0 Å². The van der Waals surface area contributed by atoms with Crippen LogP contribution in [0.2, 0.25) is 0 Å². The van der Waals surface area contributed by atoms with Crippen molar-refractivity contribution in [3.63, 3.8) is 0 Å². The fourth-order valence-corrected chi connectivity index (χ4v) is 2.36. The second kappa shape index (κ2) is 7.67. The van der Waals surface area contributed by atoms with E-state index >= 15 is 0 Å². The van der Waals surface area contributed by atoms with Gasteiger partial charge in [0.1, 0.15) is 0 Å². The molecule has 1 unspecified atom stereocenters. The number of nitrogens with zero attached hydrogens (tertiary/aromatic N) is 2. The van der Waals surface area contributed by atoms with Gasteiger partial charge in [0.2, 0.25) is 0 Å². The van der Waals surface area contributed by atoms with E-state index in [1.165, 1.54) is 32.5 Å². The summed E-state index contributed by atoms with van der Waals surface area (Å²) in [4.78, 5) is 5.05. The van der Waals surface area contributed by atoms with Gasteiger partial charge in [0.15, 0.2) is 0 Å². The Hall–Kier alpha value is -0.560. The van der Waals surface area contributed by atoms with Crippen molar-refractivity contribution in [1.82, 2.24) is 15.1 Å².